The summed E-state index contributed by atoms with van der Waals surface area (Å²) in [5.41, 5.74) is 3.70. The second-order valence-electron chi connectivity index (χ2n) is 8.83. The minimum absolute atomic E-state index is 0.310. The minimum Gasteiger partial charge on any atom is -0.493 e. The highest BCUT2D eigenvalue weighted by atomic mass is 16.5. The lowest BCUT2D eigenvalue weighted by atomic mass is 10.1. The zero-order valence-electron chi connectivity index (χ0n) is 22.8. The van der Waals surface area contributed by atoms with Crippen LogP contribution in [0.5, 0.6) is 23.0 Å². The second-order valence-corrected chi connectivity index (χ2v) is 8.83. The van der Waals surface area contributed by atoms with Crippen LogP contribution in [0.4, 0.5) is 11.4 Å². The summed E-state index contributed by atoms with van der Waals surface area (Å²) in [5, 5.41) is 5.75. The first-order chi connectivity index (χ1) is 19.9. The minimum atomic E-state index is -0.317. The molecular formula is C31H27N3O7. The summed E-state index contributed by atoms with van der Waals surface area (Å²) in [6.45, 7) is 0. The summed E-state index contributed by atoms with van der Waals surface area (Å²) in [6, 6.07) is 22.2. The Kier molecular flexibility index (Phi) is 7.73. The molecule has 2 N–H and O–H groups in total. The molecule has 0 bridgehead atoms. The van der Waals surface area contributed by atoms with Crippen molar-refractivity contribution in [2.75, 3.05) is 39.1 Å². The van der Waals surface area contributed by atoms with Gasteiger partial charge < -0.3 is 34.0 Å². The van der Waals surface area contributed by atoms with Crippen LogP contribution < -0.4 is 29.6 Å². The van der Waals surface area contributed by atoms with E-state index in [-0.39, 0.29) is 11.8 Å². The number of carbonyl (C=O) groups excluding carboxylic acids is 2. The maximum Gasteiger partial charge on any atom is 0.255 e. The van der Waals surface area contributed by atoms with Crippen LogP contribution >= 0.6 is 0 Å². The Morgan fingerprint density at radius 2 is 1.20 bits per heavy atom. The van der Waals surface area contributed by atoms with E-state index in [1.165, 1.54) is 28.4 Å². The molecular weight excluding hydrogens is 526 g/mol. The van der Waals surface area contributed by atoms with Gasteiger partial charge >= 0.3 is 0 Å². The van der Waals surface area contributed by atoms with E-state index in [0.717, 1.165) is 0 Å². The third-order valence-corrected chi connectivity index (χ3v) is 6.31. The highest BCUT2D eigenvalue weighted by Gasteiger charge is 2.15. The number of nitrogens with zero attached hydrogens (tertiary/aromatic N) is 1. The molecule has 1 aromatic heterocycles. The Morgan fingerprint density at radius 3 is 1.76 bits per heavy atom. The molecule has 10 nitrogen and oxygen atoms in total. The number of anilines is 2. The zero-order chi connectivity index (χ0) is 28.9. The summed E-state index contributed by atoms with van der Waals surface area (Å²) in [5.74, 6) is 1.72. The van der Waals surface area contributed by atoms with Crippen molar-refractivity contribution in [1.29, 1.82) is 0 Å². The van der Waals surface area contributed by atoms with Gasteiger partial charge in [-0.2, -0.15) is 0 Å². The van der Waals surface area contributed by atoms with Gasteiger partial charge in [0.15, 0.2) is 28.6 Å². The predicted octanol–water partition coefficient (Wildman–Crippen LogP) is 6.03. The number of methoxy groups -OCH3 is 4. The van der Waals surface area contributed by atoms with Gasteiger partial charge in [0, 0.05) is 34.1 Å². The molecule has 0 unspecified atom stereocenters. The van der Waals surface area contributed by atoms with Gasteiger partial charge in [-0.15, -0.1) is 0 Å². The number of rotatable bonds is 9. The van der Waals surface area contributed by atoms with Crippen LogP contribution in [-0.2, 0) is 0 Å². The first-order valence-electron chi connectivity index (χ1n) is 12.5. The van der Waals surface area contributed by atoms with Crippen LogP contribution in [0.1, 0.15) is 20.7 Å². The van der Waals surface area contributed by atoms with Crippen LogP contribution in [0.15, 0.2) is 83.3 Å². The summed E-state index contributed by atoms with van der Waals surface area (Å²) < 4.78 is 27.1. The molecule has 0 spiro atoms. The lowest BCUT2D eigenvalue weighted by Gasteiger charge is -2.10. The number of fused-ring (bicyclic) bond motifs is 1. The van der Waals surface area contributed by atoms with Gasteiger partial charge in [-0.05, 0) is 66.7 Å². The number of amides is 2. The summed E-state index contributed by atoms with van der Waals surface area (Å²) in [7, 11) is 6.09. The number of hydrogen-bond donors (Lipinski definition) is 2. The monoisotopic (exact) mass is 553 g/mol. The van der Waals surface area contributed by atoms with Crippen LogP contribution in [0.3, 0.4) is 0 Å². The van der Waals surface area contributed by atoms with Crippen molar-refractivity contribution in [2.45, 2.75) is 0 Å². The van der Waals surface area contributed by atoms with Crippen LogP contribution in [0.2, 0.25) is 0 Å². The molecule has 2 amide bonds. The van der Waals surface area contributed by atoms with Crippen LogP contribution in [0, 0.1) is 0 Å². The standard InChI is InChI=1S/C31H27N3O7/c1-37-24-12-8-18(15-27(24)39-3)29(35)32-21-7-5-6-20(14-21)31-34-23-11-10-22(17-26(23)41-31)33-30(36)19-9-13-25(38-2)28(16-19)40-4/h5-17H,1-4H3,(H,32,35)(H,33,36). The Labute approximate surface area is 235 Å². The number of aromatic nitrogens is 1. The number of carbonyl (C=O) groups is 2. The second kappa shape index (κ2) is 11.7. The molecule has 5 aromatic rings. The van der Waals surface area contributed by atoms with Crippen LogP contribution in [0.25, 0.3) is 22.6 Å². The molecule has 0 saturated heterocycles. The number of hydrogen-bond acceptors (Lipinski definition) is 8. The van der Waals surface area contributed by atoms with E-state index in [4.69, 9.17) is 23.4 Å². The molecule has 1 heterocycles. The molecule has 10 heteroatoms. The topological polar surface area (TPSA) is 121 Å². The van der Waals surface area contributed by atoms with E-state index < -0.39 is 0 Å². The number of ether oxygens (including phenoxy) is 4. The molecule has 4 aromatic carbocycles. The molecule has 5 rings (SSSR count). The van der Waals surface area contributed by atoms with Gasteiger partial charge in [0.05, 0.1) is 28.4 Å². The maximum atomic E-state index is 12.9. The Hall–Kier alpha value is -5.51. The molecule has 0 radical (unpaired) electrons. The van der Waals surface area contributed by atoms with E-state index in [2.05, 4.69) is 15.6 Å². The molecule has 0 atom stereocenters. The molecule has 0 fully saturated rings. The third kappa shape index (κ3) is 5.76. The predicted molar refractivity (Wildman–Crippen MR) is 154 cm³/mol. The van der Waals surface area contributed by atoms with Gasteiger partial charge in [-0.3, -0.25) is 9.59 Å². The van der Waals surface area contributed by atoms with E-state index in [1.807, 2.05) is 6.07 Å². The van der Waals surface area contributed by atoms with Crippen molar-refractivity contribution < 1.29 is 33.0 Å². The molecule has 0 saturated carbocycles. The maximum absolute atomic E-state index is 12.9. The van der Waals surface area contributed by atoms with Crippen LogP contribution in [-0.4, -0.2) is 45.2 Å². The zero-order valence-corrected chi connectivity index (χ0v) is 22.8. The van der Waals surface area contributed by atoms with Crippen molar-refractivity contribution >= 4 is 34.3 Å². The lowest BCUT2D eigenvalue weighted by Crippen LogP contribution is -2.12. The summed E-state index contributed by atoms with van der Waals surface area (Å²) >= 11 is 0. The van der Waals surface area contributed by atoms with Gasteiger partial charge in [-0.1, -0.05) is 6.07 Å². The van der Waals surface area contributed by atoms with Crippen molar-refractivity contribution in [1.82, 2.24) is 4.98 Å². The number of benzene rings is 4. The van der Waals surface area contributed by atoms with Crippen molar-refractivity contribution in [3.8, 4) is 34.5 Å². The summed E-state index contributed by atoms with van der Waals surface area (Å²) in [6.07, 6.45) is 0. The average Bonchev–Trinajstić information content (AvgIpc) is 3.44. The first kappa shape index (κ1) is 27.1. The largest absolute Gasteiger partial charge is 0.493 e. The normalized spacial score (nSPS) is 10.6. The Balaban J connectivity index is 1.33. The van der Waals surface area contributed by atoms with E-state index in [1.54, 1.807) is 72.8 Å². The fourth-order valence-corrected chi connectivity index (χ4v) is 4.22. The van der Waals surface area contributed by atoms with E-state index in [0.29, 0.717) is 68.1 Å². The average molecular weight is 554 g/mol. The van der Waals surface area contributed by atoms with Crippen molar-refractivity contribution in [2.24, 2.45) is 0 Å². The number of oxazole rings is 1. The Bertz CT molecular complexity index is 1750. The Morgan fingerprint density at radius 1 is 0.634 bits per heavy atom. The summed E-state index contributed by atoms with van der Waals surface area (Å²) in [4.78, 5) is 30.3. The molecule has 0 aliphatic carbocycles. The quantitative estimate of drug-likeness (QED) is 0.227. The third-order valence-electron chi connectivity index (χ3n) is 6.31. The lowest BCUT2D eigenvalue weighted by molar-refractivity contribution is 0.101. The number of nitrogens with one attached hydrogen (secondary N) is 2. The van der Waals surface area contributed by atoms with E-state index in [9.17, 15) is 9.59 Å². The molecule has 0 aliphatic heterocycles. The van der Waals surface area contributed by atoms with Gasteiger partial charge in [-0.25, -0.2) is 4.98 Å². The SMILES string of the molecule is COc1ccc(C(=O)Nc2cccc(-c3nc4ccc(NC(=O)c5ccc(OC)c(OC)c5)cc4o3)c2)cc1OC. The molecule has 0 aliphatic rings. The van der Waals surface area contributed by atoms with Gasteiger partial charge in [0.25, 0.3) is 11.8 Å². The molecule has 208 valence electrons. The molecule has 41 heavy (non-hydrogen) atoms. The van der Waals surface area contributed by atoms with Gasteiger partial charge in [0.2, 0.25) is 5.89 Å². The smallest absolute Gasteiger partial charge is 0.255 e. The van der Waals surface area contributed by atoms with Crippen molar-refractivity contribution in [3.05, 3.63) is 90.0 Å². The highest BCUT2D eigenvalue weighted by Crippen LogP contribution is 2.31. The highest BCUT2D eigenvalue weighted by molar-refractivity contribution is 6.06. The first-order valence-corrected chi connectivity index (χ1v) is 12.5. The fraction of sp³-hybridized carbons (Fsp3) is 0.129. The fourth-order valence-electron chi connectivity index (χ4n) is 4.22. The van der Waals surface area contributed by atoms with Crippen molar-refractivity contribution in [3.63, 3.8) is 0 Å². The van der Waals surface area contributed by atoms with Gasteiger partial charge in [0.1, 0.15) is 5.52 Å². The van der Waals surface area contributed by atoms with E-state index >= 15 is 0 Å².